The molecule has 0 amide bonds. The van der Waals surface area contributed by atoms with Gasteiger partial charge in [0.25, 0.3) is 0 Å². The van der Waals surface area contributed by atoms with Crippen molar-refractivity contribution < 1.29 is 4.74 Å². The molecule has 19 heavy (non-hydrogen) atoms. The summed E-state index contributed by atoms with van der Waals surface area (Å²) in [5.41, 5.74) is 2.61. The minimum absolute atomic E-state index is 0.717. The van der Waals surface area contributed by atoms with Crippen molar-refractivity contribution in [2.75, 3.05) is 11.9 Å². The van der Waals surface area contributed by atoms with Crippen LogP contribution in [0.5, 0.6) is 5.75 Å². The maximum Gasteiger partial charge on any atom is 0.125 e. The van der Waals surface area contributed by atoms with Gasteiger partial charge >= 0.3 is 0 Å². The minimum Gasteiger partial charge on any atom is -0.493 e. The second kappa shape index (κ2) is 6.05. The number of rotatable bonds is 4. The summed E-state index contributed by atoms with van der Waals surface area (Å²) in [4.78, 5) is 0. The summed E-state index contributed by atoms with van der Waals surface area (Å²) in [5, 5.41) is 1.94. The van der Waals surface area contributed by atoms with Crippen LogP contribution in [0.15, 0.2) is 12.1 Å². The molecule has 1 fully saturated rings. The summed E-state index contributed by atoms with van der Waals surface area (Å²) < 4.78 is 5.82. The number of halogens is 2. The lowest BCUT2D eigenvalue weighted by Crippen LogP contribution is -2.16. The van der Waals surface area contributed by atoms with Gasteiger partial charge in [-0.1, -0.05) is 53.2 Å². The van der Waals surface area contributed by atoms with Gasteiger partial charge in [-0.15, -0.1) is 0 Å². The van der Waals surface area contributed by atoms with Crippen LogP contribution < -0.4 is 4.74 Å². The Hall–Kier alpha value is -0.210. The molecule has 1 heterocycles. The number of ether oxygens (including phenoxy) is 1. The molecule has 0 radical (unpaired) electrons. The zero-order valence-electron chi connectivity index (χ0n) is 11.1. The van der Waals surface area contributed by atoms with Crippen molar-refractivity contribution in [2.45, 2.75) is 38.5 Å². The van der Waals surface area contributed by atoms with Gasteiger partial charge in [-0.3, -0.25) is 0 Å². The summed E-state index contributed by atoms with van der Waals surface area (Å²) in [6.07, 6.45) is 7.68. The van der Waals surface area contributed by atoms with E-state index in [0.29, 0.717) is 5.92 Å². The quantitative estimate of drug-likeness (QED) is 0.698. The van der Waals surface area contributed by atoms with E-state index < -0.39 is 0 Å². The standard InChI is InChI=1S/C16H20BrClO/c17-10-14(11-3-1-2-4-11)7-13-9-15(18)8-12-5-6-19-16(12)13/h8-9,11,14H,1-7,10H2. The first-order valence-electron chi connectivity index (χ1n) is 7.28. The van der Waals surface area contributed by atoms with E-state index in [4.69, 9.17) is 16.3 Å². The zero-order chi connectivity index (χ0) is 13.2. The van der Waals surface area contributed by atoms with Crippen LogP contribution in [0.2, 0.25) is 5.02 Å². The predicted molar refractivity (Wildman–Crippen MR) is 83.6 cm³/mol. The number of alkyl halides is 1. The molecule has 1 atom stereocenters. The lowest BCUT2D eigenvalue weighted by Gasteiger charge is -2.22. The molecule has 0 N–H and O–H groups in total. The first-order chi connectivity index (χ1) is 9.28. The van der Waals surface area contributed by atoms with Crippen LogP contribution in [0, 0.1) is 11.8 Å². The number of fused-ring (bicyclic) bond motifs is 1. The second-order valence-electron chi connectivity index (χ2n) is 5.81. The van der Waals surface area contributed by atoms with Crippen molar-refractivity contribution in [1.29, 1.82) is 0 Å². The minimum atomic E-state index is 0.717. The molecular weight excluding hydrogens is 324 g/mol. The average Bonchev–Trinajstić information content (AvgIpc) is 3.05. The van der Waals surface area contributed by atoms with Gasteiger partial charge in [-0.05, 0) is 41.5 Å². The Morgan fingerprint density at radius 2 is 2.11 bits per heavy atom. The van der Waals surface area contributed by atoms with Gasteiger partial charge in [0.05, 0.1) is 6.61 Å². The maximum atomic E-state index is 6.25. The Balaban J connectivity index is 1.81. The fraction of sp³-hybridized carbons (Fsp3) is 0.625. The zero-order valence-corrected chi connectivity index (χ0v) is 13.5. The van der Waals surface area contributed by atoms with Gasteiger partial charge in [0, 0.05) is 16.8 Å². The van der Waals surface area contributed by atoms with E-state index in [1.165, 1.54) is 36.8 Å². The number of hydrogen-bond donors (Lipinski definition) is 0. The Kier molecular flexibility index (Phi) is 4.38. The second-order valence-corrected chi connectivity index (χ2v) is 6.90. The summed E-state index contributed by atoms with van der Waals surface area (Å²) in [5.74, 6) is 2.71. The SMILES string of the molecule is Clc1cc2c(c(CC(CBr)C3CCCC3)c1)OCC2. The molecule has 3 heteroatoms. The third-order valence-corrected chi connectivity index (χ3v) is 5.62. The van der Waals surface area contributed by atoms with Crippen molar-refractivity contribution in [3.8, 4) is 5.75 Å². The average molecular weight is 344 g/mol. The first kappa shape index (κ1) is 13.8. The molecular formula is C16H20BrClO. The maximum absolute atomic E-state index is 6.25. The highest BCUT2D eigenvalue weighted by Gasteiger charge is 2.27. The summed E-state index contributed by atoms with van der Waals surface area (Å²) in [7, 11) is 0. The molecule has 1 aromatic carbocycles. The normalized spacial score (nSPS) is 20.3. The van der Waals surface area contributed by atoms with E-state index in [-0.39, 0.29) is 0 Å². The predicted octanol–water partition coefficient (Wildman–Crippen LogP) is 5.02. The molecule has 0 bridgehead atoms. The van der Waals surface area contributed by atoms with Crippen LogP contribution in [0.1, 0.15) is 36.8 Å². The number of benzene rings is 1. The van der Waals surface area contributed by atoms with Crippen molar-refractivity contribution in [3.63, 3.8) is 0 Å². The fourth-order valence-electron chi connectivity index (χ4n) is 3.56. The fourth-order valence-corrected chi connectivity index (χ4v) is 4.58. The van der Waals surface area contributed by atoms with E-state index in [1.807, 2.05) is 0 Å². The highest BCUT2D eigenvalue weighted by Crippen LogP contribution is 2.39. The van der Waals surface area contributed by atoms with Gasteiger partial charge in [0.1, 0.15) is 5.75 Å². The molecule has 0 saturated heterocycles. The molecule has 1 unspecified atom stereocenters. The third kappa shape index (κ3) is 2.95. The molecule has 3 rings (SSSR count). The monoisotopic (exact) mass is 342 g/mol. The van der Waals surface area contributed by atoms with Gasteiger partial charge in [-0.25, -0.2) is 0 Å². The smallest absolute Gasteiger partial charge is 0.125 e. The van der Waals surface area contributed by atoms with Gasteiger partial charge < -0.3 is 4.74 Å². The molecule has 0 aromatic heterocycles. The van der Waals surface area contributed by atoms with Crippen molar-refractivity contribution in [1.82, 2.24) is 0 Å². The van der Waals surface area contributed by atoms with E-state index in [2.05, 4.69) is 28.1 Å². The largest absolute Gasteiger partial charge is 0.493 e. The van der Waals surface area contributed by atoms with Crippen LogP contribution in [-0.2, 0) is 12.8 Å². The summed E-state index contributed by atoms with van der Waals surface area (Å²) in [6, 6.07) is 4.17. The van der Waals surface area contributed by atoms with Crippen molar-refractivity contribution in [2.24, 2.45) is 11.8 Å². The molecule has 1 aliphatic carbocycles. The molecule has 1 nitrogen and oxygen atoms in total. The highest BCUT2D eigenvalue weighted by atomic mass is 79.9. The summed E-state index contributed by atoms with van der Waals surface area (Å²) in [6.45, 7) is 0.811. The molecule has 2 aliphatic rings. The molecule has 1 saturated carbocycles. The Bertz CT molecular complexity index is 454. The Labute approximate surface area is 128 Å². The Morgan fingerprint density at radius 1 is 1.32 bits per heavy atom. The van der Waals surface area contributed by atoms with Gasteiger partial charge in [-0.2, -0.15) is 0 Å². The Morgan fingerprint density at radius 3 is 2.84 bits per heavy atom. The van der Waals surface area contributed by atoms with Crippen LogP contribution in [0.25, 0.3) is 0 Å². The van der Waals surface area contributed by atoms with E-state index >= 15 is 0 Å². The highest BCUT2D eigenvalue weighted by molar-refractivity contribution is 9.09. The molecule has 1 aliphatic heterocycles. The van der Waals surface area contributed by atoms with Gasteiger partial charge in [0.15, 0.2) is 0 Å². The van der Waals surface area contributed by atoms with Crippen LogP contribution in [-0.4, -0.2) is 11.9 Å². The topological polar surface area (TPSA) is 9.23 Å². The molecule has 1 aromatic rings. The van der Waals surface area contributed by atoms with E-state index in [1.54, 1.807) is 0 Å². The van der Waals surface area contributed by atoms with Gasteiger partial charge in [0.2, 0.25) is 0 Å². The molecule has 104 valence electrons. The number of hydrogen-bond acceptors (Lipinski definition) is 1. The van der Waals surface area contributed by atoms with Crippen LogP contribution >= 0.6 is 27.5 Å². The third-order valence-electron chi connectivity index (χ3n) is 4.57. The van der Waals surface area contributed by atoms with Crippen LogP contribution in [0.4, 0.5) is 0 Å². The lowest BCUT2D eigenvalue weighted by molar-refractivity contribution is 0.340. The van der Waals surface area contributed by atoms with E-state index in [9.17, 15) is 0 Å². The van der Waals surface area contributed by atoms with E-state index in [0.717, 1.165) is 41.5 Å². The summed E-state index contributed by atoms with van der Waals surface area (Å²) >= 11 is 9.96. The van der Waals surface area contributed by atoms with Crippen molar-refractivity contribution in [3.05, 3.63) is 28.3 Å². The lowest BCUT2D eigenvalue weighted by atomic mass is 9.86. The molecule has 0 spiro atoms. The van der Waals surface area contributed by atoms with Crippen molar-refractivity contribution >= 4 is 27.5 Å². The van der Waals surface area contributed by atoms with Crippen LogP contribution in [0.3, 0.4) is 0 Å². The first-order valence-corrected chi connectivity index (χ1v) is 8.78.